The first-order chi connectivity index (χ1) is 10.9. The highest BCUT2D eigenvalue weighted by Crippen LogP contribution is 2.25. The number of halogens is 2. The zero-order valence-corrected chi connectivity index (χ0v) is 13.8. The van der Waals surface area contributed by atoms with Gasteiger partial charge in [-0.15, -0.1) is 0 Å². The van der Waals surface area contributed by atoms with E-state index in [0.717, 1.165) is 24.3 Å². The summed E-state index contributed by atoms with van der Waals surface area (Å²) < 4.78 is 15.1. The zero-order chi connectivity index (χ0) is 16.6. The van der Waals surface area contributed by atoms with Crippen LogP contribution in [0.4, 0.5) is 10.1 Å². The largest absolute Gasteiger partial charge is 0.369 e. The van der Waals surface area contributed by atoms with Crippen molar-refractivity contribution in [2.45, 2.75) is 19.4 Å². The molecular formula is C16H18ClFN4O. The maximum atomic E-state index is 13.6. The van der Waals surface area contributed by atoms with Crippen molar-refractivity contribution in [3.8, 4) is 0 Å². The molecule has 1 N–H and O–H groups in total. The van der Waals surface area contributed by atoms with Gasteiger partial charge in [-0.25, -0.2) is 4.39 Å². The van der Waals surface area contributed by atoms with Crippen LogP contribution >= 0.6 is 11.6 Å². The number of rotatable bonds is 3. The molecule has 1 aromatic heterocycles. The summed E-state index contributed by atoms with van der Waals surface area (Å²) in [5.74, 6) is -0.566. The fourth-order valence-electron chi connectivity index (χ4n) is 2.88. The van der Waals surface area contributed by atoms with Gasteiger partial charge in [-0.1, -0.05) is 11.6 Å². The lowest BCUT2D eigenvalue weighted by Crippen LogP contribution is -2.37. The van der Waals surface area contributed by atoms with E-state index in [1.165, 1.54) is 6.07 Å². The first-order valence-electron chi connectivity index (χ1n) is 7.45. The van der Waals surface area contributed by atoms with Crippen molar-refractivity contribution >= 4 is 23.2 Å². The Balaban J connectivity index is 1.64. The molecule has 0 aliphatic carbocycles. The van der Waals surface area contributed by atoms with E-state index in [9.17, 15) is 9.18 Å². The van der Waals surface area contributed by atoms with Crippen LogP contribution in [-0.4, -0.2) is 34.8 Å². The normalized spacial score (nSPS) is 17.6. The molecular weight excluding hydrogens is 319 g/mol. The fraction of sp³-hybridized carbons (Fsp3) is 0.375. The number of nitrogens with one attached hydrogen (secondary N) is 1. The van der Waals surface area contributed by atoms with Gasteiger partial charge in [-0.3, -0.25) is 9.48 Å². The summed E-state index contributed by atoms with van der Waals surface area (Å²) in [4.78, 5) is 14.3. The molecule has 0 bridgehead atoms. The van der Waals surface area contributed by atoms with Gasteiger partial charge in [0.1, 0.15) is 11.5 Å². The second-order valence-electron chi connectivity index (χ2n) is 5.80. The summed E-state index contributed by atoms with van der Waals surface area (Å²) in [7, 11) is 1.75. The maximum Gasteiger partial charge on any atom is 0.269 e. The molecule has 23 heavy (non-hydrogen) atoms. The molecule has 2 heterocycles. The van der Waals surface area contributed by atoms with Crippen molar-refractivity contribution in [3.05, 3.63) is 46.5 Å². The van der Waals surface area contributed by atoms with E-state index in [-0.39, 0.29) is 17.0 Å². The van der Waals surface area contributed by atoms with E-state index in [1.807, 2.05) is 11.8 Å². The van der Waals surface area contributed by atoms with Crippen LogP contribution in [0, 0.1) is 12.7 Å². The van der Waals surface area contributed by atoms with Gasteiger partial charge in [0.25, 0.3) is 5.91 Å². The van der Waals surface area contributed by atoms with Crippen LogP contribution in [0.3, 0.4) is 0 Å². The lowest BCUT2D eigenvalue weighted by molar-refractivity contribution is 0.0931. The molecule has 1 saturated heterocycles. The van der Waals surface area contributed by atoms with E-state index in [0.29, 0.717) is 12.2 Å². The van der Waals surface area contributed by atoms with E-state index in [4.69, 9.17) is 11.6 Å². The zero-order valence-electron chi connectivity index (χ0n) is 13.0. The predicted octanol–water partition coefficient (Wildman–Crippen LogP) is 2.53. The SMILES string of the molecule is Cc1cc(C(=O)N[C@H]2CCN(c3ccc(Cl)c(F)c3)C2)n(C)n1. The quantitative estimate of drug-likeness (QED) is 0.937. The third-order valence-corrected chi connectivity index (χ3v) is 4.33. The van der Waals surface area contributed by atoms with Crippen molar-refractivity contribution < 1.29 is 9.18 Å². The van der Waals surface area contributed by atoms with Crippen LogP contribution in [0.15, 0.2) is 24.3 Å². The van der Waals surface area contributed by atoms with Gasteiger partial charge in [-0.05, 0) is 37.6 Å². The second-order valence-corrected chi connectivity index (χ2v) is 6.21. The van der Waals surface area contributed by atoms with Gasteiger partial charge >= 0.3 is 0 Å². The number of benzene rings is 1. The number of hydrogen-bond acceptors (Lipinski definition) is 3. The summed E-state index contributed by atoms with van der Waals surface area (Å²) >= 11 is 5.71. The van der Waals surface area contributed by atoms with Crippen molar-refractivity contribution in [2.75, 3.05) is 18.0 Å². The standard InChI is InChI=1S/C16H18ClFN4O/c1-10-7-15(21(2)20-10)16(23)19-11-5-6-22(9-11)12-3-4-13(17)14(18)8-12/h3-4,7-8,11H,5-6,9H2,1-2H3,(H,19,23)/t11-/m0/s1. The van der Waals surface area contributed by atoms with Crippen LogP contribution in [-0.2, 0) is 7.05 Å². The molecule has 1 amide bonds. The number of carbonyl (C=O) groups is 1. The Morgan fingerprint density at radius 2 is 2.22 bits per heavy atom. The van der Waals surface area contributed by atoms with E-state index in [1.54, 1.807) is 29.9 Å². The minimum Gasteiger partial charge on any atom is -0.369 e. The molecule has 1 aliphatic rings. The average Bonchev–Trinajstić information content (AvgIpc) is 3.08. The first-order valence-corrected chi connectivity index (χ1v) is 7.83. The number of carbonyl (C=O) groups excluding carboxylic acids is 1. The van der Waals surface area contributed by atoms with Gasteiger partial charge in [0.2, 0.25) is 0 Å². The summed E-state index contributed by atoms with van der Waals surface area (Å²) in [6.45, 7) is 3.25. The molecule has 1 aliphatic heterocycles. The van der Waals surface area contributed by atoms with Crippen LogP contribution in [0.1, 0.15) is 22.6 Å². The van der Waals surface area contributed by atoms with Gasteiger partial charge in [0, 0.05) is 31.9 Å². The highest BCUT2D eigenvalue weighted by molar-refractivity contribution is 6.30. The monoisotopic (exact) mass is 336 g/mol. The van der Waals surface area contributed by atoms with Crippen LogP contribution in [0.5, 0.6) is 0 Å². The molecule has 1 aromatic carbocycles. The molecule has 7 heteroatoms. The van der Waals surface area contributed by atoms with Crippen molar-refractivity contribution in [1.29, 1.82) is 0 Å². The molecule has 0 saturated carbocycles. The Bertz CT molecular complexity index is 746. The highest BCUT2D eigenvalue weighted by Gasteiger charge is 2.25. The average molecular weight is 337 g/mol. The van der Waals surface area contributed by atoms with Crippen LogP contribution in [0.25, 0.3) is 0 Å². The number of nitrogens with zero attached hydrogens (tertiary/aromatic N) is 3. The smallest absolute Gasteiger partial charge is 0.269 e. The highest BCUT2D eigenvalue weighted by atomic mass is 35.5. The number of amides is 1. The molecule has 0 unspecified atom stereocenters. The molecule has 2 aromatic rings. The Morgan fingerprint density at radius 1 is 1.43 bits per heavy atom. The Kier molecular flexibility index (Phi) is 4.26. The number of hydrogen-bond donors (Lipinski definition) is 1. The number of aromatic nitrogens is 2. The van der Waals surface area contributed by atoms with E-state index >= 15 is 0 Å². The van der Waals surface area contributed by atoms with Crippen LogP contribution < -0.4 is 10.2 Å². The molecule has 0 spiro atoms. The minimum atomic E-state index is -0.429. The molecule has 3 rings (SSSR count). The van der Waals surface area contributed by atoms with Gasteiger partial charge in [-0.2, -0.15) is 5.10 Å². The van der Waals surface area contributed by atoms with E-state index in [2.05, 4.69) is 10.4 Å². The van der Waals surface area contributed by atoms with Crippen molar-refractivity contribution in [2.24, 2.45) is 7.05 Å². The molecule has 1 atom stereocenters. The molecule has 122 valence electrons. The van der Waals surface area contributed by atoms with Gasteiger partial charge in [0.05, 0.1) is 10.7 Å². The third-order valence-electron chi connectivity index (χ3n) is 4.03. The van der Waals surface area contributed by atoms with Crippen molar-refractivity contribution in [1.82, 2.24) is 15.1 Å². The molecule has 1 fully saturated rings. The van der Waals surface area contributed by atoms with Gasteiger partial charge in [0.15, 0.2) is 0 Å². The van der Waals surface area contributed by atoms with Crippen molar-refractivity contribution in [3.63, 3.8) is 0 Å². The summed E-state index contributed by atoms with van der Waals surface area (Å²) in [6, 6.07) is 6.56. The topological polar surface area (TPSA) is 50.2 Å². The third kappa shape index (κ3) is 3.32. The fourth-order valence-corrected chi connectivity index (χ4v) is 2.99. The van der Waals surface area contributed by atoms with Gasteiger partial charge < -0.3 is 10.2 Å². The van der Waals surface area contributed by atoms with E-state index < -0.39 is 5.82 Å². The summed E-state index contributed by atoms with van der Waals surface area (Å²) in [5.41, 5.74) is 2.13. The summed E-state index contributed by atoms with van der Waals surface area (Å²) in [5, 5.41) is 7.31. The Labute approximate surface area is 139 Å². The second kappa shape index (κ2) is 6.20. The Hall–Kier alpha value is -2.08. The minimum absolute atomic E-state index is 0.0245. The first kappa shape index (κ1) is 15.8. The predicted molar refractivity (Wildman–Crippen MR) is 87.4 cm³/mol. The number of aryl methyl sites for hydroxylation is 2. The van der Waals surface area contributed by atoms with Crippen LogP contribution in [0.2, 0.25) is 5.02 Å². The summed E-state index contributed by atoms with van der Waals surface area (Å²) in [6.07, 6.45) is 0.812. The number of anilines is 1. The lowest BCUT2D eigenvalue weighted by Gasteiger charge is -2.19. The molecule has 5 nitrogen and oxygen atoms in total. The lowest BCUT2D eigenvalue weighted by atomic mass is 10.2. The molecule has 0 radical (unpaired) electrons. The maximum absolute atomic E-state index is 13.6. The Morgan fingerprint density at radius 3 is 2.87 bits per heavy atom.